The topological polar surface area (TPSA) is 95.6 Å². The van der Waals surface area contributed by atoms with Crippen LogP contribution < -0.4 is 10.6 Å². The number of piperidine rings is 1. The van der Waals surface area contributed by atoms with E-state index in [2.05, 4.69) is 10.6 Å². The Bertz CT molecular complexity index is 1030. The van der Waals surface area contributed by atoms with Crippen LogP contribution in [0.2, 0.25) is 0 Å². The number of amides is 2. The van der Waals surface area contributed by atoms with Crippen molar-refractivity contribution in [1.82, 2.24) is 14.9 Å². The molecule has 0 bridgehead atoms. The number of rotatable bonds is 7. The third-order valence-corrected chi connectivity index (χ3v) is 7.62. The van der Waals surface area contributed by atoms with Crippen molar-refractivity contribution in [2.45, 2.75) is 55.6 Å². The van der Waals surface area contributed by atoms with Crippen molar-refractivity contribution in [3.05, 3.63) is 65.7 Å². The van der Waals surface area contributed by atoms with Crippen molar-refractivity contribution in [2.75, 3.05) is 6.54 Å². The highest BCUT2D eigenvalue weighted by atomic mass is 32.2. The number of sulfonamides is 1. The maximum absolute atomic E-state index is 13.1. The zero-order valence-electron chi connectivity index (χ0n) is 17.3. The Balaban J connectivity index is 1.39. The quantitative estimate of drug-likeness (QED) is 0.690. The fraction of sp³-hybridized carbons (Fsp3) is 0.391. The smallest absolute Gasteiger partial charge is 0.251 e. The molecule has 0 aromatic heterocycles. The molecule has 8 heteroatoms. The summed E-state index contributed by atoms with van der Waals surface area (Å²) in [6.45, 7) is 0.610. The Morgan fingerprint density at radius 2 is 1.65 bits per heavy atom. The molecule has 0 radical (unpaired) electrons. The average Bonchev–Trinajstić information content (AvgIpc) is 3.62. The highest BCUT2D eigenvalue weighted by Crippen LogP contribution is 2.25. The molecule has 1 atom stereocenters. The minimum absolute atomic E-state index is 0.0814. The summed E-state index contributed by atoms with van der Waals surface area (Å²) in [6.07, 6.45) is 4.12. The fourth-order valence-electron chi connectivity index (χ4n) is 3.76. The second kappa shape index (κ2) is 9.20. The van der Waals surface area contributed by atoms with Gasteiger partial charge < -0.3 is 10.6 Å². The van der Waals surface area contributed by atoms with Gasteiger partial charge in [0.2, 0.25) is 15.9 Å². The van der Waals surface area contributed by atoms with Crippen LogP contribution in [0.4, 0.5) is 0 Å². The minimum atomic E-state index is -3.73. The Hall–Kier alpha value is -2.71. The number of carbonyl (C=O) groups is 2. The Morgan fingerprint density at radius 1 is 0.935 bits per heavy atom. The van der Waals surface area contributed by atoms with Crippen molar-refractivity contribution in [3.8, 4) is 0 Å². The lowest BCUT2D eigenvalue weighted by Crippen LogP contribution is -2.51. The van der Waals surface area contributed by atoms with E-state index in [0.29, 0.717) is 24.6 Å². The summed E-state index contributed by atoms with van der Waals surface area (Å²) in [5.41, 5.74) is 1.44. The van der Waals surface area contributed by atoms with Gasteiger partial charge in [0.05, 0.1) is 4.90 Å². The van der Waals surface area contributed by atoms with Gasteiger partial charge in [-0.3, -0.25) is 9.59 Å². The third kappa shape index (κ3) is 5.14. The fourth-order valence-corrected chi connectivity index (χ4v) is 5.44. The second-order valence-electron chi connectivity index (χ2n) is 8.10. The molecule has 2 fully saturated rings. The molecule has 1 aliphatic carbocycles. The number of carbonyl (C=O) groups excluding carboxylic acids is 2. The van der Waals surface area contributed by atoms with Crippen molar-refractivity contribution in [3.63, 3.8) is 0 Å². The van der Waals surface area contributed by atoms with Gasteiger partial charge in [-0.25, -0.2) is 8.42 Å². The van der Waals surface area contributed by atoms with Gasteiger partial charge in [0, 0.05) is 24.7 Å². The van der Waals surface area contributed by atoms with Crippen LogP contribution >= 0.6 is 0 Å². The van der Waals surface area contributed by atoms with Crippen molar-refractivity contribution in [2.24, 2.45) is 0 Å². The molecule has 7 nitrogen and oxygen atoms in total. The molecule has 2 aromatic carbocycles. The van der Waals surface area contributed by atoms with Crippen LogP contribution in [0.1, 0.15) is 48.0 Å². The Morgan fingerprint density at radius 3 is 2.32 bits per heavy atom. The first-order valence-electron chi connectivity index (χ1n) is 10.7. The van der Waals surface area contributed by atoms with E-state index in [9.17, 15) is 18.0 Å². The Kier molecular flexibility index (Phi) is 6.38. The summed E-state index contributed by atoms with van der Waals surface area (Å²) in [6, 6.07) is 14.9. The molecule has 1 aliphatic heterocycles. The first-order chi connectivity index (χ1) is 14.9. The van der Waals surface area contributed by atoms with Gasteiger partial charge in [-0.2, -0.15) is 4.31 Å². The highest BCUT2D eigenvalue weighted by molar-refractivity contribution is 7.89. The predicted molar refractivity (Wildman–Crippen MR) is 117 cm³/mol. The van der Waals surface area contributed by atoms with Crippen LogP contribution in [0.5, 0.6) is 0 Å². The van der Waals surface area contributed by atoms with Gasteiger partial charge >= 0.3 is 0 Å². The molecular formula is C23H27N3O4S. The SMILES string of the molecule is O=C(NC1CC1)c1ccc(CNC(=O)[C@@H]2CCCCN2S(=O)(=O)c2ccccc2)cc1. The van der Waals surface area contributed by atoms with E-state index < -0.39 is 16.1 Å². The van der Waals surface area contributed by atoms with E-state index in [-0.39, 0.29) is 23.3 Å². The lowest BCUT2D eigenvalue weighted by Gasteiger charge is -2.33. The van der Waals surface area contributed by atoms with E-state index in [4.69, 9.17) is 0 Å². The largest absolute Gasteiger partial charge is 0.351 e. The first kappa shape index (κ1) is 21.5. The van der Waals surface area contributed by atoms with Crippen LogP contribution in [0.15, 0.2) is 59.5 Å². The van der Waals surface area contributed by atoms with E-state index in [1.54, 1.807) is 54.6 Å². The summed E-state index contributed by atoms with van der Waals surface area (Å²) in [5, 5.41) is 5.81. The van der Waals surface area contributed by atoms with Gasteiger partial charge in [0.25, 0.3) is 5.91 Å². The highest BCUT2D eigenvalue weighted by Gasteiger charge is 2.37. The minimum Gasteiger partial charge on any atom is -0.351 e. The van der Waals surface area contributed by atoms with Gasteiger partial charge in [0.15, 0.2) is 0 Å². The summed E-state index contributed by atoms with van der Waals surface area (Å²) in [4.78, 5) is 25.2. The van der Waals surface area contributed by atoms with Crippen molar-refractivity contribution >= 4 is 21.8 Å². The zero-order valence-corrected chi connectivity index (χ0v) is 18.1. The van der Waals surface area contributed by atoms with Crippen LogP contribution in [-0.2, 0) is 21.4 Å². The standard InChI is InChI=1S/C23H27N3O4S/c27-22(25-19-13-14-19)18-11-9-17(10-12-18)16-24-23(28)21-8-4-5-15-26(21)31(29,30)20-6-2-1-3-7-20/h1-3,6-7,9-12,19,21H,4-5,8,13-16H2,(H,24,28)(H,25,27)/t21-/m0/s1. The predicted octanol–water partition coefficient (Wildman–Crippen LogP) is 2.44. The average molecular weight is 442 g/mol. The Labute approximate surface area is 182 Å². The molecule has 1 saturated carbocycles. The van der Waals surface area contributed by atoms with E-state index in [1.807, 2.05) is 0 Å². The lowest BCUT2D eigenvalue weighted by atomic mass is 10.0. The maximum Gasteiger partial charge on any atom is 0.251 e. The maximum atomic E-state index is 13.1. The van der Waals surface area contributed by atoms with E-state index >= 15 is 0 Å². The summed E-state index contributed by atoms with van der Waals surface area (Å²) in [5.74, 6) is -0.378. The molecule has 2 aliphatic rings. The molecule has 0 unspecified atom stereocenters. The van der Waals surface area contributed by atoms with Crippen molar-refractivity contribution in [1.29, 1.82) is 0 Å². The van der Waals surface area contributed by atoms with Gasteiger partial charge in [-0.05, 0) is 55.5 Å². The number of nitrogens with one attached hydrogen (secondary N) is 2. The molecular weight excluding hydrogens is 414 g/mol. The summed E-state index contributed by atoms with van der Waals surface area (Å²) in [7, 11) is -3.73. The van der Waals surface area contributed by atoms with E-state index in [1.165, 1.54) is 4.31 Å². The summed E-state index contributed by atoms with van der Waals surface area (Å²) >= 11 is 0. The molecule has 0 spiro atoms. The van der Waals surface area contributed by atoms with Gasteiger partial charge in [0.1, 0.15) is 6.04 Å². The summed E-state index contributed by atoms with van der Waals surface area (Å²) < 4.78 is 27.5. The third-order valence-electron chi connectivity index (χ3n) is 5.70. The van der Waals surface area contributed by atoms with Crippen LogP contribution in [0.25, 0.3) is 0 Å². The first-order valence-corrected chi connectivity index (χ1v) is 12.1. The molecule has 31 heavy (non-hydrogen) atoms. The van der Waals surface area contributed by atoms with Crippen LogP contribution in [0.3, 0.4) is 0 Å². The normalized spacial score (nSPS) is 19.5. The van der Waals surface area contributed by atoms with Crippen molar-refractivity contribution < 1.29 is 18.0 Å². The number of nitrogens with zero attached hydrogens (tertiary/aromatic N) is 1. The zero-order chi connectivity index (χ0) is 21.8. The number of hydrogen-bond donors (Lipinski definition) is 2. The molecule has 2 amide bonds. The van der Waals surface area contributed by atoms with Gasteiger partial charge in [-0.1, -0.05) is 36.8 Å². The molecule has 1 heterocycles. The van der Waals surface area contributed by atoms with Gasteiger partial charge in [-0.15, -0.1) is 0 Å². The molecule has 2 aromatic rings. The molecule has 1 saturated heterocycles. The monoisotopic (exact) mass is 441 g/mol. The molecule has 164 valence electrons. The second-order valence-corrected chi connectivity index (χ2v) is 9.99. The number of benzene rings is 2. The van der Waals surface area contributed by atoms with Crippen LogP contribution in [-0.4, -0.2) is 43.2 Å². The van der Waals surface area contributed by atoms with Crippen LogP contribution in [0, 0.1) is 0 Å². The lowest BCUT2D eigenvalue weighted by molar-refractivity contribution is -0.125. The number of hydrogen-bond acceptors (Lipinski definition) is 4. The van der Waals surface area contributed by atoms with E-state index in [0.717, 1.165) is 31.2 Å². The molecule has 2 N–H and O–H groups in total. The molecule has 4 rings (SSSR count).